The van der Waals surface area contributed by atoms with Gasteiger partial charge in [-0.25, -0.2) is 0 Å². The predicted molar refractivity (Wildman–Crippen MR) is 55.7 cm³/mol. The van der Waals surface area contributed by atoms with E-state index in [0.29, 0.717) is 5.56 Å². The lowest BCUT2D eigenvalue weighted by molar-refractivity contribution is -0.138. The Kier molecular flexibility index (Phi) is 3.23. The van der Waals surface area contributed by atoms with Gasteiger partial charge in [0.2, 0.25) is 0 Å². The summed E-state index contributed by atoms with van der Waals surface area (Å²) in [6, 6.07) is 1.77. The number of hydrogen-bond acceptors (Lipinski definition) is 3. The average Bonchev–Trinajstić information content (AvgIpc) is 2.01. The number of aromatic nitrogens is 1. The van der Waals surface area contributed by atoms with Crippen LogP contribution in [-0.2, 0) is 10.3 Å². The van der Waals surface area contributed by atoms with E-state index in [1.807, 2.05) is 0 Å². The van der Waals surface area contributed by atoms with Crippen LogP contribution in [-0.4, -0.2) is 16.1 Å². The maximum absolute atomic E-state index is 10.6. The van der Waals surface area contributed by atoms with Gasteiger partial charge in [0.15, 0.2) is 0 Å². The topological polar surface area (TPSA) is 76.2 Å². The van der Waals surface area contributed by atoms with Gasteiger partial charge < -0.3 is 10.8 Å². The van der Waals surface area contributed by atoms with E-state index in [4.69, 9.17) is 10.8 Å². The lowest BCUT2D eigenvalue weighted by atomic mass is 9.91. The molecule has 0 saturated carbocycles. The molecule has 1 aromatic rings. The van der Waals surface area contributed by atoms with Crippen LogP contribution in [0.2, 0.25) is 0 Å². The number of rotatable bonds is 3. The summed E-state index contributed by atoms with van der Waals surface area (Å²) in [6.45, 7) is 1.67. The highest BCUT2D eigenvalue weighted by Gasteiger charge is 2.25. The summed E-state index contributed by atoms with van der Waals surface area (Å²) < 4.78 is 0.789. The average molecular weight is 259 g/mol. The number of carboxylic acids is 1. The third kappa shape index (κ3) is 2.78. The highest BCUT2D eigenvalue weighted by molar-refractivity contribution is 9.10. The fourth-order valence-electron chi connectivity index (χ4n) is 1.14. The van der Waals surface area contributed by atoms with Gasteiger partial charge in [0.05, 0.1) is 12.0 Å². The van der Waals surface area contributed by atoms with Crippen molar-refractivity contribution >= 4 is 21.9 Å². The third-order valence-corrected chi connectivity index (χ3v) is 2.32. The highest BCUT2D eigenvalue weighted by atomic mass is 79.9. The lowest BCUT2D eigenvalue weighted by Gasteiger charge is -2.22. The summed E-state index contributed by atoms with van der Waals surface area (Å²) >= 11 is 3.26. The van der Waals surface area contributed by atoms with Crippen molar-refractivity contribution in [3.05, 3.63) is 28.5 Å². The van der Waals surface area contributed by atoms with E-state index in [0.717, 1.165) is 4.47 Å². The Balaban J connectivity index is 2.97. The first kappa shape index (κ1) is 11.1. The van der Waals surface area contributed by atoms with Crippen LogP contribution in [0.25, 0.3) is 0 Å². The SMILES string of the molecule is CC(N)(CC(=O)O)c1cncc(Br)c1. The van der Waals surface area contributed by atoms with Gasteiger partial charge in [-0.2, -0.15) is 0 Å². The molecule has 1 rings (SSSR count). The predicted octanol–water partition coefficient (Wildman–Crippen LogP) is 1.49. The van der Waals surface area contributed by atoms with Crippen LogP contribution in [0.3, 0.4) is 0 Å². The third-order valence-electron chi connectivity index (χ3n) is 1.88. The lowest BCUT2D eigenvalue weighted by Crippen LogP contribution is -2.35. The van der Waals surface area contributed by atoms with Gasteiger partial charge >= 0.3 is 5.97 Å². The molecule has 0 radical (unpaired) electrons. The molecule has 0 saturated heterocycles. The van der Waals surface area contributed by atoms with Crippen molar-refractivity contribution in [1.29, 1.82) is 0 Å². The normalized spacial score (nSPS) is 14.8. The number of nitrogens with two attached hydrogens (primary N) is 1. The molecule has 0 bridgehead atoms. The Hall–Kier alpha value is -0.940. The van der Waals surface area contributed by atoms with Gasteiger partial charge in [0.1, 0.15) is 0 Å². The highest BCUT2D eigenvalue weighted by Crippen LogP contribution is 2.23. The molecule has 0 fully saturated rings. The second-order valence-electron chi connectivity index (χ2n) is 3.38. The van der Waals surface area contributed by atoms with Crippen molar-refractivity contribution in [2.75, 3.05) is 0 Å². The molecule has 76 valence electrons. The molecule has 4 nitrogen and oxygen atoms in total. The minimum absolute atomic E-state index is 0.120. The molecule has 0 amide bonds. The minimum atomic E-state index is -0.921. The Morgan fingerprint density at radius 1 is 1.71 bits per heavy atom. The first-order valence-electron chi connectivity index (χ1n) is 4.03. The van der Waals surface area contributed by atoms with Gasteiger partial charge in [-0.3, -0.25) is 9.78 Å². The van der Waals surface area contributed by atoms with Crippen LogP contribution < -0.4 is 5.73 Å². The minimum Gasteiger partial charge on any atom is -0.481 e. The number of aliphatic carboxylic acids is 1. The van der Waals surface area contributed by atoms with Gasteiger partial charge in [0, 0.05) is 16.9 Å². The fourth-order valence-corrected chi connectivity index (χ4v) is 1.51. The second-order valence-corrected chi connectivity index (χ2v) is 4.30. The van der Waals surface area contributed by atoms with Gasteiger partial charge in [0.25, 0.3) is 0 Å². The van der Waals surface area contributed by atoms with Gasteiger partial charge in [-0.05, 0) is 34.5 Å². The number of pyridine rings is 1. The van der Waals surface area contributed by atoms with E-state index in [1.54, 1.807) is 25.4 Å². The molecule has 3 N–H and O–H groups in total. The first-order chi connectivity index (χ1) is 6.42. The fraction of sp³-hybridized carbons (Fsp3) is 0.333. The summed E-state index contributed by atoms with van der Waals surface area (Å²) in [5.41, 5.74) is 5.68. The number of halogens is 1. The number of hydrogen-bond donors (Lipinski definition) is 2. The van der Waals surface area contributed by atoms with Crippen LogP contribution in [0.4, 0.5) is 0 Å². The molecule has 1 aromatic heterocycles. The van der Waals surface area contributed by atoms with Crippen LogP contribution in [0, 0.1) is 0 Å². The van der Waals surface area contributed by atoms with E-state index in [-0.39, 0.29) is 6.42 Å². The maximum Gasteiger partial charge on any atom is 0.305 e. The van der Waals surface area contributed by atoms with Gasteiger partial charge in [-0.1, -0.05) is 0 Å². The van der Waals surface area contributed by atoms with Crippen LogP contribution in [0.5, 0.6) is 0 Å². The van der Waals surface area contributed by atoms with E-state index in [1.165, 1.54) is 0 Å². The van der Waals surface area contributed by atoms with Crippen molar-refractivity contribution in [3.8, 4) is 0 Å². The van der Waals surface area contributed by atoms with E-state index >= 15 is 0 Å². The maximum atomic E-state index is 10.6. The molecule has 1 unspecified atom stereocenters. The van der Waals surface area contributed by atoms with Crippen LogP contribution >= 0.6 is 15.9 Å². The monoisotopic (exact) mass is 258 g/mol. The molecule has 0 spiro atoms. The van der Waals surface area contributed by atoms with E-state index in [2.05, 4.69) is 20.9 Å². The molecule has 1 heterocycles. The Morgan fingerprint density at radius 3 is 2.86 bits per heavy atom. The zero-order valence-corrected chi connectivity index (χ0v) is 9.28. The zero-order valence-electron chi connectivity index (χ0n) is 7.70. The second kappa shape index (κ2) is 4.06. The van der Waals surface area contributed by atoms with Crippen molar-refractivity contribution in [1.82, 2.24) is 4.98 Å². The molecule has 0 aliphatic carbocycles. The van der Waals surface area contributed by atoms with E-state index in [9.17, 15) is 4.79 Å². The Bertz CT molecular complexity index is 352. The quantitative estimate of drug-likeness (QED) is 0.862. The van der Waals surface area contributed by atoms with Crippen LogP contribution in [0.15, 0.2) is 22.9 Å². The molecule has 14 heavy (non-hydrogen) atoms. The molecule has 1 atom stereocenters. The summed E-state index contributed by atoms with van der Waals surface area (Å²) in [5, 5.41) is 8.67. The molecule has 0 aliphatic heterocycles. The number of carbonyl (C=O) groups is 1. The van der Waals surface area contributed by atoms with Crippen molar-refractivity contribution < 1.29 is 9.90 Å². The molecule has 5 heteroatoms. The molecule has 0 aromatic carbocycles. The standard InChI is InChI=1S/C9H11BrN2O2/c1-9(11,3-8(13)14)6-2-7(10)5-12-4-6/h2,4-5H,3,11H2,1H3,(H,13,14). The largest absolute Gasteiger partial charge is 0.481 e. The van der Waals surface area contributed by atoms with Crippen molar-refractivity contribution in [2.45, 2.75) is 18.9 Å². The van der Waals surface area contributed by atoms with E-state index < -0.39 is 11.5 Å². The van der Waals surface area contributed by atoms with Gasteiger partial charge in [-0.15, -0.1) is 0 Å². The van der Waals surface area contributed by atoms with Crippen molar-refractivity contribution in [2.24, 2.45) is 5.73 Å². The zero-order chi connectivity index (χ0) is 10.8. The van der Waals surface area contributed by atoms with Crippen molar-refractivity contribution in [3.63, 3.8) is 0 Å². The molecular weight excluding hydrogens is 248 g/mol. The smallest absolute Gasteiger partial charge is 0.305 e. The summed E-state index contributed by atoms with van der Waals surface area (Å²) in [4.78, 5) is 14.5. The number of carboxylic acid groups (broad SMARTS) is 1. The summed E-state index contributed by atoms with van der Waals surface area (Å²) in [5.74, 6) is -0.921. The first-order valence-corrected chi connectivity index (χ1v) is 4.83. The Morgan fingerprint density at radius 2 is 2.36 bits per heavy atom. The molecule has 0 aliphatic rings. The summed E-state index contributed by atoms with van der Waals surface area (Å²) in [6.07, 6.45) is 3.08. The molecular formula is C9H11BrN2O2. The van der Waals surface area contributed by atoms with Crippen LogP contribution in [0.1, 0.15) is 18.9 Å². The number of nitrogens with zero attached hydrogens (tertiary/aromatic N) is 1. The Labute approximate surface area is 90.3 Å². The summed E-state index contributed by atoms with van der Waals surface area (Å²) in [7, 11) is 0.